The van der Waals surface area contributed by atoms with Gasteiger partial charge in [-0.25, -0.2) is 9.59 Å². The van der Waals surface area contributed by atoms with E-state index in [-0.39, 0.29) is 49.3 Å². The molecule has 1 saturated heterocycles. The van der Waals surface area contributed by atoms with Crippen molar-refractivity contribution in [2.24, 2.45) is 40.7 Å². The summed E-state index contributed by atoms with van der Waals surface area (Å²) in [6.07, 6.45) is 12.1. The van der Waals surface area contributed by atoms with Crippen LogP contribution < -0.4 is 16.4 Å². The largest absolute Gasteiger partial charge is 0.478 e. The van der Waals surface area contributed by atoms with Crippen molar-refractivity contribution in [3.8, 4) is 0 Å². The monoisotopic (exact) mass is 879 g/mol. The van der Waals surface area contributed by atoms with Crippen LogP contribution in [0.3, 0.4) is 0 Å². The lowest BCUT2D eigenvalue weighted by atomic mass is 9.75. The summed E-state index contributed by atoms with van der Waals surface area (Å²) in [6.45, 7) is 5.64. The van der Waals surface area contributed by atoms with Crippen LogP contribution in [-0.2, 0) is 33.5 Å². The van der Waals surface area contributed by atoms with E-state index in [1.54, 1.807) is 25.7 Å². The number of nitro benzene ring substituents is 1. The standard InChI is InChI=1S/C46H65N5O12/c1-46(2,3)40(49-42(56)30(18-11-12-20-38(54)63-4)24-37(53)35-25-32(51(61)62)21-22-33(35)45(59)60)44(58)50-23-13-19-31(27-50)36(52)26-34(28-14-7-5-8-15-28)43(57)48-39(41(47)55)29-16-9-6-10-17-29/h12,20-22,25,28-31,34,39-40H,5-11,13-19,23-24,26-27H2,1-4H3,(H2,47,55)(H,48,57)(H,49,56)(H,59,60)/b20-12+/t30-,31-,34+,39+,40-/m1/s1. The lowest BCUT2D eigenvalue weighted by Crippen LogP contribution is -2.57. The van der Waals surface area contributed by atoms with E-state index in [0.29, 0.717) is 19.4 Å². The number of hydrogen-bond donors (Lipinski definition) is 4. The lowest BCUT2D eigenvalue weighted by molar-refractivity contribution is -0.384. The number of nitro groups is 1. The number of likely N-dealkylation sites (tertiary alicyclic amines) is 1. The van der Waals surface area contributed by atoms with E-state index >= 15 is 0 Å². The summed E-state index contributed by atoms with van der Waals surface area (Å²) in [5.41, 5.74) is 3.50. The van der Waals surface area contributed by atoms with Gasteiger partial charge in [-0.15, -0.1) is 0 Å². The number of carbonyl (C=O) groups excluding carboxylic acids is 7. The van der Waals surface area contributed by atoms with E-state index < -0.39 is 98.9 Å². The smallest absolute Gasteiger partial charge is 0.336 e. The Bertz CT molecular complexity index is 1890. The molecular formula is C46H65N5O12. The van der Waals surface area contributed by atoms with Gasteiger partial charge in [0.25, 0.3) is 5.69 Å². The maximum Gasteiger partial charge on any atom is 0.336 e. The summed E-state index contributed by atoms with van der Waals surface area (Å²) >= 11 is 0. The first-order valence-corrected chi connectivity index (χ1v) is 22.3. The number of Topliss-reactive ketones (excluding diaryl/α,β-unsaturated/α-hetero) is 2. The van der Waals surface area contributed by atoms with E-state index in [0.717, 1.165) is 88.5 Å². The normalized spacial score (nSPS) is 19.6. The molecule has 1 heterocycles. The molecule has 1 aliphatic heterocycles. The van der Waals surface area contributed by atoms with Gasteiger partial charge in [0.05, 0.1) is 17.6 Å². The van der Waals surface area contributed by atoms with E-state index in [4.69, 9.17) is 5.73 Å². The molecule has 3 aliphatic rings. The van der Waals surface area contributed by atoms with Gasteiger partial charge in [-0.2, -0.15) is 0 Å². The topological polar surface area (TPSA) is 262 Å². The van der Waals surface area contributed by atoms with Gasteiger partial charge in [-0.05, 0) is 74.7 Å². The number of ketones is 2. The summed E-state index contributed by atoms with van der Waals surface area (Å²) in [4.78, 5) is 119. The van der Waals surface area contributed by atoms with Crippen LogP contribution in [0.25, 0.3) is 0 Å². The molecular weight excluding hydrogens is 815 g/mol. The number of carbonyl (C=O) groups is 8. The van der Waals surface area contributed by atoms with Crippen LogP contribution in [0.15, 0.2) is 30.4 Å². The van der Waals surface area contributed by atoms with Crippen LogP contribution in [0.4, 0.5) is 5.69 Å². The zero-order valence-electron chi connectivity index (χ0n) is 37.1. The zero-order valence-corrected chi connectivity index (χ0v) is 37.1. The molecule has 5 N–H and O–H groups in total. The predicted octanol–water partition coefficient (Wildman–Crippen LogP) is 5.47. The molecule has 2 saturated carbocycles. The number of primary amides is 1. The van der Waals surface area contributed by atoms with Crippen LogP contribution in [-0.4, -0.2) is 94.3 Å². The molecule has 1 aromatic carbocycles. The number of nitrogens with one attached hydrogen (secondary N) is 2. The van der Waals surface area contributed by atoms with E-state index in [1.807, 2.05) is 0 Å². The van der Waals surface area contributed by atoms with Crippen molar-refractivity contribution < 1.29 is 53.1 Å². The Labute approximate surface area is 368 Å². The summed E-state index contributed by atoms with van der Waals surface area (Å²) < 4.78 is 4.62. The third kappa shape index (κ3) is 14.3. The molecule has 0 unspecified atom stereocenters. The number of esters is 1. The minimum Gasteiger partial charge on any atom is -0.478 e. The summed E-state index contributed by atoms with van der Waals surface area (Å²) in [5, 5.41) is 27.1. The highest BCUT2D eigenvalue weighted by Crippen LogP contribution is 2.35. The number of allylic oxidation sites excluding steroid dienone is 1. The van der Waals surface area contributed by atoms with Crippen molar-refractivity contribution in [1.29, 1.82) is 0 Å². The molecule has 1 aromatic rings. The highest BCUT2D eigenvalue weighted by atomic mass is 16.6. The molecule has 2 aliphatic carbocycles. The van der Waals surface area contributed by atoms with E-state index in [1.165, 1.54) is 13.2 Å². The van der Waals surface area contributed by atoms with Crippen LogP contribution in [0, 0.1) is 45.1 Å². The van der Waals surface area contributed by atoms with Gasteiger partial charge in [-0.3, -0.25) is 38.9 Å². The molecule has 0 bridgehead atoms. The van der Waals surface area contributed by atoms with Crippen molar-refractivity contribution >= 4 is 52.8 Å². The van der Waals surface area contributed by atoms with Gasteiger partial charge in [0, 0.05) is 67.5 Å². The fraction of sp³-hybridized carbons (Fsp3) is 0.652. The van der Waals surface area contributed by atoms with Crippen LogP contribution in [0.2, 0.25) is 0 Å². The Balaban J connectivity index is 1.53. The molecule has 0 spiro atoms. The van der Waals surface area contributed by atoms with Gasteiger partial charge in [-0.1, -0.05) is 65.4 Å². The Morgan fingerprint density at radius 3 is 2.10 bits per heavy atom. The quantitative estimate of drug-likeness (QED) is 0.0418. The minimum atomic E-state index is -1.49. The number of carboxylic acid groups (broad SMARTS) is 1. The van der Waals surface area contributed by atoms with Gasteiger partial charge < -0.3 is 31.1 Å². The molecule has 3 fully saturated rings. The second-order valence-corrected chi connectivity index (χ2v) is 18.5. The van der Waals surface area contributed by atoms with Crippen molar-refractivity contribution in [2.45, 2.75) is 136 Å². The highest BCUT2D eigenvalue weighted by molar-refractivity contribution is 6.07. The fourth-order valence-corrected chi connectivity index (χ4v) is 9.34. The maximum absolute atomic E-state index is 14.5. The van der Waals surface area contributed by atoms with Gasteiger partial charge in [0.2, 0.25) is 23.6 Å². The molecule has 0 radical (unpaired) electrons. The summed E-state index contributed by atoms with van der Waals surface area (Å²) in [7, 11) is 1.19. The first-order valence-electron chi connectivity index (χ1n) is 22.3. The van der Waals surface area contributed by atoms with Gasteiger partial charge in [0.15, 0.2) is 5.78 Å². The Kier molecular flexibility index (Phi) is 18.5. The highest BCUT2D eigenvalue weighted by Gasteiger charge is 2.42. The van der Waals surface area contributed by atoms with Crippen molar-refractivity contribution in [3.05, 3.63) is 51.6 Å². The summed E-state index contributed by atoms with van der Waals surface area (Å²) in [5.74, 6) is -7.67. The lowest BCUT2D eigenvalue weighted by Gasteiger charge is -2.39. The van der Waals surface area contributed by atoms with E-state index in [2.05, 4.69) is 15.4 Å². The molecule has 346 valence electrons. The van der Waals surface area contributed by atoms with Crippen LogP contribution >= 0.6 is 0 Å². The molecule has 63 heavy (non-hydrogen) atoms. The first kappa shape index (κ1) is 50.2. The van der Waals surface area contributed by atoms with Gasteiger partial charge >= 0.3 is 11.9 Å². The number of amides is 4. The number of nitrogens with two attached hydrogens (primary N) is 1. The number of hydrogen-bond acceptors (Lipinski definition) is 11. The molecule has 4 amide bonds. The average molecular weight is 880 g/mol. The molecule has 17 heteroatoms. The number of piperidine rings is 1. The van der Waals surface area contributed by atoms with Crippen molar-refractivity contribution in [3.63, 3.8) is 0 Å². The molecule has 4 rings (SSSR count). The molecule has 17 nitrogen and oxygen atoms in total. The van der Waals surface area contributed by atoms with Gasteiger partial charge in [0.1, 0.15) is 17.9 Å². The Morgan fingerprint density at radius 1 is 0.889 bits per heavy atom. The maximum atomic E-state index is 14.5. The third-order valence-electron chi connectivity index (χ3n) is 13.0. The number of aromatic carboxylic acids is 1. The molecule has 0 aromatic heterocycles. The Hall–Kier alpha value is -5.48. The van der Waals surface area contributed by atoms with Crippen LogP contribution in [0.1, 0.15) is 144 Å². The number of ether oxygens (including phenoxy) is 1. The predicted molar refractivity (Wildman–Crippen MR) is 231 cm³/mol. The molecule has 5 atom stereocenters. The second kappa shape index (κ2) is 23.3. The number of nitrogens with zero attached hydrogens (tertiary/aromatic N) is 2. The fourth-order valence-electron chi connectivity index (χ4n) is 9.34. The number of rotatable bonds is 20. The average Bonchev–Trinajstić information content (AvgIpc) is 3.26. The number of non-ortho nitro benzene ring substituents is 1. The zero-order chi connectivity index (χ0) is 46.4. The number of benzene rings is 1. The number of carboxylic acids is 1. The SMILES string of the molecule is COC(=O)/C=C/CC[C@H](CC(=O)c1cc([N+](=O)[O-])ccc1C(=O)O)C(=O)N[C@H](C(=O)N1CCC[C@@H](C(=O)C[C@H](C(=O)N[C@H](C(N)=O)C2CCCCC2)C2CCCCC2)C1)C(C)(C)C. The third-order valence-corrected chi connectivity index (χ3v) is 13.0. The van der Waals surface area contributed by atoms with Crippen LogP contribution in [0.5, 0.6) is 0 Å². The second-order valence-electron chi connectivity index (χ2n) is 18.5. The summed E-state index contributed by atoms with van der Waals surface area (Å²) in [6, 6.07) is 0.830. The minimum absolute atomic E-state index is 0.0235. The first-order chi connectivity index (χ1) is 29.8. The Morgan fingerprint density at radius 2 is 1.52 bits per heavy atom. The van der Waals surface area contributed by atoms with E-state index in [9.17, 15) is 53.6 Å². The van der Waals surface area contributed by atoms with Crippen molar-refractivity contribution in [1.82, 2.24) is 15.5 Å². The van der Waals surface area contributed by atoms with Crippen molar-refractivity contribution in [2.75, 3.05) is 20.2 Å². The number of methoxy groups -OCH3 is 1.